The molecule has 4 nitrogen and oxygen atoms in total. The van der Waals surface area contributed by atoms with Gasteiger partial charge in [0.1, 0.15) is 5.75 Å². The van der Waals surface area contributed by atoms with Crippen LogP contribution in [-0.4, -0.2) is 55.6 Å². The van der Waals surface area contributed by atoms with Gasteiger partial charge in [0.2, 0.25) is 0 Å². The van der Waals surface area contributed by atoms with Gasteiger partial charge in [-0.25, -0.2) is 0 Å². The van der Waals surface area contributed by atoms with Crippen molar-refractivity contribution in [2.75, 3.05) is 39.5 Å². The highest BCUT2D eigenvalue weighted by Crippen LogP contribution is 2.09. The van der Waals surface area contributed by atoms with Crippen LogP contribution in [0.1, 0.15) is 12.8 Å². The van der Waals surface area contributed by atoms with Crippen LogP contribution in [0.4, 0.5) is 0 Å². The molecule has 1 aromatic rings. The van der Waals surface area contributed by atoms with E-state index in [2.05, 4.69) is 4.90 Å². The maximum absolute atomic E-state index is 9.62. The van der Waals surface area contributed by atoms with Crippen LogP contribution < -0.4 is 4.74 Å². The van der Waals surface area contributed by atoms with Gasteiger partial charge in [-0.05, 0) is 31.5 Å². The Hall–Kier alpha value is -1.10. The number of para-hydroxylation sites is 1. The molecule has 0 aromatic heterocycles. The summed E-state index contributed by atoms with van der Waals surface area (Å²) < 4.78 is 11.0. The number of rotatable bonds is 6. The normalized spacial score (nSPS) is 21.0. The Morgan fingerprint density at radius 3 is 2.95 bits per heavy atom. The summed E-state index contributed by atoms with van der Waals surface area (Å²) in [5, 5.41) is 9.62. The van der Waals surface area contributed by atoms with Crippen LogP contribution in [-0.2, 0) is 4.74 Å². The second-order valence-corrected chi connectivity index (χ2v) is 4.90. The molecule has 2 rings (SSSR count). The van der Waals surface area contributed by atoms with E-state index in [1.165, 1.54) is 0 Å². The first-order valence-corrected chi connectivity index (χ1v) is 7.00. The summed E-state index contributed by atoms with van der Waals surface area (Å²) in [4.78, 5) is 2.26. The van der Waals surface area contributed by atoms with Gasteiger partial charge in [0.05, 0.1) is 25.9 Å². The number of hydrogen-bond acceptors (Lipinski definition) is 4. The molecule has 0 spiro atoms. The largest absolute Gasteiger partial charge is 0.494 e. The molecule has 0 saturated carbocycles. The molecule has 1 fully saturated rings. The highest BCUT2D eigenvalue weighted by atomic mass is 16.5. The van der Waals surface area contributed by atoms with Crippen molar-refractivity contribution in [1.29, 1.82) is 0 Å². The van der Waals surface area contributed by atoms with E-state index in [-0.39, 0.29) is 6.10 Å². The van der Waals surface area contributed by atoms with E-state index < -0.39 is 0 Å². The maximum Gasteiger partial charge on any atom is 0.119 e. The van der Waals surface area contributed by atoms with Crippen molar-refractivity contribution in [3.05, 3.63) is 30.3 Å². The number of nitrogens with zero attached hydrogens (tertiary/aromatic N) is 1. The van der Waals surface area contributed by atoms with Gasteiger partial charge in [-0.1, -0.05) is 18.2 Å². The molecule has 19 heavy (non-hydrogen) atoms. The zero-order valence-corrected chi connectivity index (χ0v) is 11.3. The highest BCUT2D eigenvalue weighted by molar-refractivity contribution is 5.20. The van der Waals surface area contributed by atoms with Crippen molar-refractivity contribution in [2.24, 2.45) is 0 Å². The van der Waals surface area contributed by atoms with Crippen LogP contribution in [0, 0.1) is 0 Å². The molecule has 0 unspecified atom stereocenters. The molecule has 4 heteroatoms. The fourth-order valence-corrected chi connectivity index (χ4v) is 2.20. The predicted octanol–water partition coefficient (Wildman–Crippen LogP) is 1.54. The summed E-state index contributed by atoms with van der Waals surface area (Å²) in [5.74, 6) is 0.932. The summed E-state index contributed by atoms with van der Waals surface area (Å²) in [6.45, 7) is 4.57. The minimum atomic E-state index is -0.344. The third-order valence-corrected chi connectivity index (χ3v) is 3.21. The van der Waals surface area contributed by atoms with Gasteiger partial charge in [-0.3, -0.25) is 4.90 Å². The summed E-state index contributed by atoms with van der Waals surface area (Å²) in [6.07, 6.45) is 1.77. The Balaban J connectivity index is 1.56. The fraction of sp³-hybridized carbons (Fsp3) is 0.600. The van der Waals surface area contributed by atoms with E-state index in [0.29, 0.717) is 6.61 Å². The van der Waals surface area contributed by atoms with Crippen molar-refractivity contribution < 1.29 is 14.6 Å². The topological polar surface area (TPSA) is 41.9 Å². The molecule has 1 N–H and O–H groups in total. The van der Waals surface area contributed by atoms with E-state index in [0.717, 1.165) is 51.4 Å². The van der Waals surface area contributed by atoms with Crippen LogP contribution >= 0.6 is 0 Å². The second-order valence-electron chi connectivity index (χ2n) is 4.90. The Morgan fingerprint density at radius 2 is 2.11 bits per heavy atom. The van der Waals surface area contributed by atoms with Gasteiger partial charge in [0.15, 0.2) is 0 Å². The first-order valence-electron chi connectivity index (χ1n) is 7.00. The van der Waals surface area contributed by atoms with Crippen molar-refractivity contribution >= 4 is 0 Å². The Morgan fingerprint density at radius 1 is 1.26 bits per heavy atom. The minimum absolute atomic E-state index is 0.344. The molecule has 1 heterocycles. The molecule has 1 saturated heterocycles. The lowest BCUT2D eigenvalue weighted by atomic mass is 10.2. The van der Waals surface area contributed by atoms with Crippen LogP contribution in [0.2, 0.25) is 0 Å². The first-order chi connectivity index (χ1) is 9.34. The molecule has 1 aliphatic heterocycles. The van der Waals surface area contributed by atoms with Gasteiger partial charge >= 0.3 is 0 Å². The number of unbranched alkanes of at least 4 members (excludes halogenated alkanes) is 1. The average molecular weight is 265 g/mol. The summed E-state index contributed by atoms with van der Waals surface area (Å²) in [5.41, 5.74) is 0. The zero-order chi connectivity index (χ0) is 13.3. The minimum Gasteiger partial charge on any atom is -0.494 e. The Kier molecular flexibility index (Phi) is 6.14. The molecular weight excluding hydrogens is 242 g/mol. The van der Waals surface area contributed by atoms with Gasteiger partial charge in [-0.15, -0.1) is 0 Å². The van der Waals surface area contributed by atoms with Crippen LogP contribution in [0.5, 0.6) is 5.75 Å². The van der Waals surface area contributed by atoms with Crippen molar-refractivity contribution in [3.63, 3.8) is 0 Å². The number of ether oxygens (including phenoxy) is 2. The molecule has 0 radical (unpaired) electrons. The lowest BCUT2D eigenvalue weighted by Gasteiger charge is -2.20. The summed E-state index contributed by atoms with van der Waals surface area (Å²) in [7, 11) is 0. The molecule has 0 amide bonds. The van der Waals surface area contributed by atoms with Crippen LogP contribution in [0.25, 0.3) is 0 Å². The van der Waals surface area contributed by atoms with E-state index in [1.807, 2.05) is 30.3 Å². The van der Waals surface area contributed by atoms with E-state index in [9.17, 15) is 5.11 Å². The second kappa shape index (κ2) is 8.15. The summed E-state index contributed by atoms with van der Waals surface area (Å²) >= 11 is 0. The third kappa shape index (κ3) is 5.59. The lowest BCUT2D eigenvalue weighted by molar-refractivity contribution is 0.0564. The van der Waals surface area contributed by atoms with Crippen molar-refractivity contribution in [1.82, 2.24) is 4.90 Å². The quantitative estimate of drug-likeness (QED) is 0.792. The Labute approximate surface area is 114 Å². The third-order valence-electron chi connectivity index (χ3n) is 3.21. The van der Waals surface area contributed by atoms with Crippen LogP contribution in [0.15, 0.2) is 30.3 Å². The Bertz CT molecular complexity index is 345. The van der Waals surface area contributed by atoms with E-state index >= 15 is 0 Å². The molecule has 1 atom stereocenters. The summed E-state index contributed by atoms with van der Waals surface area (Å²) in [6, 6.07) is 9.90. The van der Waals surface area contributed by atoms with Crippen molar-refractivity contribution in [3.8, 4) is 5.75 Å². The number of aliphatic hydroxyl groups excluding tert-OH is 1. The van der Waals surface area contributed by atoms with Gasteiger partial charge in [0.25, 0.3) is 0 Å². The fourth-order valence-electron chi connectivity index (χ4n) is 2.20. The number of benzene rings is 1. The van der Waals surface area contributed by atoms with Gasteiger partial charge < -0.3 is 14.6 Å². The highest BCUT2D eigenvalue weighted by Gasteiger charge is 2.15. The molecule has 1 aromatic carbocycles. The monoisotopic (exact) mass is 265 g/mol. The van der Waals surface area contributed by atoms with Gasteiger partial charge in [-0.2, -0.15) is 0 Å². The standard InChI is InChI=1S/C15H23NO3/c17-14-12-16(9-11-18-13-14)8-4-5-10-19-15-6-2-1-3-7-15/h1-3,6-7,14,17H,4-5,8-13H2/t14-/m0/s1. The molecule has 106 valence electrons. The molecule has 0 bridgehead atoms. The maximum atomic E-state index is 9.62. The number of hydrogen-bond donors (Lipinski definition) is 1. The van der Waals surface area contributed by atoms with E-state index in [1.54, 1.807) is 0 Å². The molecular formula is C15H23NO3. The number of β-amino-alcohol motifs (C(OH)–C–C–N with tert-alkyl or cyclic N) is 1. The predicted molar refractivity (Wildman–Crippen MR) is 74.4 cm³/mol. The van der Waals surface area contributed by atoms with Crippen LogP contribution in [0.3, 0.4) is 0 Å². The zero-order valence-electron chi connectivity index (χ0n) is 11.3. The average Bonchev–Trinajstić information content (AvgIpc) is 2.64. The number of aliphatic hydroxyl groups is 1. The van der Waals surface area contributed by atoms with Gasteiger partial charge in [0, 0.05) is 13.1 Å². The smallest absolute Gasteiger partial charge is 0.119 e. The SMILES string of the molecule is O[C@@H]1COCCN(CCCCOc2ccccc2)C1. The molecule has 1 aliphatic rings. The lowest BCUT2D eigenvalue weighted by Crippen LogP contribution is -2.33. The molecule has 0 aliphatic carbocycles. The first kappa shape index (κ1) is 14.3. The van der Waals surface area contributed by atoms with E-state index in [4.69, 9.17) is 9.47 Å². The van der Waals surface area contributed by atoms with Crippen molar-refractivity contribution in [2.45, 2.75) is 18.9 Å².